The van der Waals surface area contributed by atoms with E-state index in [1.54, 1.807) is 0 Å². The van der Waals surface area contributed by atoms with Crippen LogP contribution in [0, 0.1) is 0 Å². The maximum absolute atomic E-state index is 4.07. The summed E-state index contributed by atoms with van der Waals surface area (Å²) in [5.41, 5.74) is 3.90. The van der Waals surface area contributed by atoms with Crippen LogP contribution in [0.1, 0.15) is 5.56 Å². The number of hydrogen-bond donors (Lipinski definition) is 2. The number of allylic oxidation sites excluding steroid dienone is 4. The minimum absolute atomic E-state index is 0.873. The Hall–Kier alpha value is -2.36. The van der Waals surface area contributed by atoms with Crippen molar-refractivity contribution < 1.29 is 0 Å². The normalized spacial score (nSPS) is 14.6. The van der Waals surface area contributed by atoms with Gasteiger partial charge in [-0.15, -0.1) is 0 Å². The largest absolute Gasteiger partial charge is 0.361 e. The third-order valence-corrected chi connectivity index (χ3v) is 2.45. The molecule has 4 nitrogen and oxygen atoms in total. The van der Waals surface area contributed by atoms with Gasteiger partial charge in [0, 0.05) is 17.5 Å². The van der Waals surface area contributed by atoms with Crippen LogP contribution in [0.15, 0.2) is 48.7 Å². The summed E-state index contributed by atoms with van der Waals surface area (Å²) in [6.07, 6.45) is 9.87. The predicted octanol–water partition coefficient (Wildman–Crippen LogP) is 1.97. The molecule has 0 amide bonds. The Morgan fingerprint density at radius 2 is 1.88 bits per heavy atom. The minimum Gasteiger partial charge on any atom is -0.361 e. The molecule has 1 aliphatic heterocycles. The molecule has 0 aliphatic carbocycles. The van der Waals surface area contributed by atoms with Crippen molar-refractivity contribution in [1.29, 1.82) is 0 Å². The van der Waals surface area contributed by atoms with Gasteiger partial charge in [0.1, 0.15) is 11.0 Å². The molecule has 2 heterocycles. The zero-order chi connectivity index (χ0) is 10.8. The summed E-state index contributed by atoms with van der Waals surface area (Å²) < 4.78 is 0. The molecule has 2 aromatic rings. The number of fused-ring (bicyclic) bond motifs is 1. The van der Waals surface area contributed by atoms with E-state index in [0.29, 0.717) is 0 Å². The van der Waals surface area contributed by atoms with E-state index in [0.717, 1.165) is 22.3 Å². The first-order chi connectivity index (χ1) is 7.93. The molecule has 0 atom stereocenters. The number of aromatic amines is 1. The van der Waals surface area contributed by atoms with Crippen LogP contribution < -0.4 is 5.32 Å². The topological polar surface area (TPSA) is 53.6 Å². The number of rotatable bonds is 1. The fraction of sp³-hybridized carbons (Fsp3) is 0. The molecule has 0 bridgehead atoms. The Bertz CT molecular complexity index is 604. The fourth-order valence-electron chi connectivity index (χ4n) is 1.64. The number of benzene rings is 1. The van der Waals surface area contributed by atoms with Crippen molar-refractivity contribution in [3.8, 4) is 0 Å². The highest BCUT2D eigenvalue weighted by Crippen LogP contribution is 2.17. The van der Waals surface area contributed by atoms with Crippen molar-refractivity contribution >= 4 is 16.7 Å². The standard InChI is InChI=1S/C12H10N4/c1-2-4-10(13-7-3-1)9-5-6-11-12(8-9)15-16-14-11/h1-8,13H,(H,14,15,16). The van der Waals surface area contributed by atoms with E-state index < -0.39 is 0 Å². The lowest BCUT2D eigenvalue weighted by Crippen LogP contribution is -2.02. The second kappa shape index (κ2) is 3.66. The van der Waals surface area contributed by atoms with Gasteiger partial charge in [0.25, 0.3) is 0 Å². The summed E-state index contributed by atoms with van der Waals surface area (Å²) in [5, 5.41) is 13.9. The average molecular weight is 210 g/mol. The maximum atomic E-state index is 4.07. The summed E-state index contributed by atoms with van der Waals surface area (Å²) in [6.45, 7) is 0. The Balaban J connectivity index is 2.08. The summed E-state index contributed by atoms with van der Waals surface area (Å²) in [7, 11) is 0. The van der Waals surface area contributed by atoms with Gasteiger partial charge in [0.15, 0.2) is 0 Å². The average Bonchev–Trinajstić information content (AvgIpc) is 2.61. The zero-order valence-corrected chi connectivity index (χ0v) is 8.51. The monoisotopic (exact) mass is 210 g/mol. The predicted molar refractivity (Wildman–Crippen MR) is 63.3 cm³/mol. The summed E-state index contributed by atoms with van der Waals surface area (Å²) in [6, 6.07) is 5.98. The van der Waals surface area contributed by atoms with Gasteiger partial charge in [-0.25, -0.2) is 0 Å². The molecule has 2 N–H and O–H groups in total. The Kier molecular flexibility index (Phi) is 2.04. The SMILES string of the molecule is C1=CC=C(c2ccc3n[nH]nc3c2)NC=C1. The molecule has 4 heteroatoms. The lowest BCUT2D eigenvalue weighted by atomic mass is 10.1. The molecule has 0 unspecified atom stereocenters. The van der Waals surface area contributed by atoms with E-state index in [-0.39, 0.29) is 0 Å². The summed E-state index contributed by atoms with van der Waals surface area (Å²) in [4.78, 5) is 0. The highest BCUT2D eigenvalue weighted by Gasteiger charge is 2.03. The number of nitrogens with one attached hydrogen (secondary N) is 2. The van der Waals surface area contributed by atoms with E-state index in [2.05, 4.69) is 20.7 Å². The third kappa shape index (κ3) is 1.50. The number of H-pyrrole nitrogens is 1. The lowest BCUT2D eigenvalue weighted by molar-refractivity contribution is 0.959. The van der Waals surface area contributed by atoms with Crippen LogP contribution in [0.2, 0.25) is 0 Å². The van der Waals surface area contributed by atoms with Gasteiger partial charge in [0.2, 0.25) is 0 Å². The van der Waals surface area contributed by atoms with Gasteiger partial charge >= 0.3 is 0 Å². The second-order valence-electron chi connectivity index (χ2n) is 3.50. The molecule has 1 aromatic carbocycles. The van der Waals surface area contributed by atoms with Gasteiger partial charge in [-0.05, 0) is 24.3 Å². The Labute approximate surface area is 92.4 Å². The van der Waals surface area contributed by atoms with E-state index in [1.165, 1.54) is 0 Å². The molecule has 78 valence electrons. The van der Waals surface area contributed by atoms with Gasteiger partial charge in [0.05, 0.1) is 0 Å². The van der Waals surface area contributed by atoms with E-state index in [4.69, 9.17) is 0 Å². The molecule has 16 heavy (non-hydrogen) atoms. The number of aromatic nitrogens is 3. The maximum Gasteiger partial charge on any atom is 0.113 e. The van der Waals surface area contributed by atoms with Crippen LogP contribution >= 0.6 is 0 Å². The minimum atomic E-state index is 0.873. The van der Waals surface area contributed by atoms with Crippen molar-refractivity contribution in [3.05, 3.63) is 54.3 Å². The van der Waals surface area contributed by atoms with Gasteiger partial charge in [-0.2, -0.15) is 15.4 Å². The van der Waals surface area contributed by atoms with Crippen molar-refractivity contribution in [2.24, 2.45) is 0 Å². The van der Waals surface area contributed by atoms with E-state index >= 15 is 0 Å². The van der Waals surface area contributed by atoms with Crippen LogP contribution in [0.3, 0.4) is 0 Å². The van der Waals surface area contributed by atoms with Crippen molar-refractivity contribution in [1.82, 2.24) is 20.7 Å². The smallest absolute Gasteiger partial charge is 0.113 e. The molecule has 0 radical (unpaired) electrons. The molecule has 0 saturated carbocycles. The zero-order valence-electron chi connectivity index (χ0n) is 8.51. The molecule has 0 fully saturated rings. The highest BCUT2D eigenvalue weighted by molar-refractivity contribution is 5.80. The van der Waals surface area contributed by atoms with Crippen LogP contribution in [-0.2, 0) is 0 Å². The molecular formula is C12H10N4. The number of hydrogen-bond acceptors (Lipinski definition) is 3. The third-order valence-electron chi connectivity index (χ3n) is 2.45. The fourth-order valence-corrected chi connectivity index (χ4v) is 1.64. The van der Waals surface area contributed by atoms with E-state index in [9.17, 15) is 0 Å². The molecule has 1 aliphatic rings. The molecular weight excluding hydrogens is 200 g/mol. The van der Waals surface area contributed by atoms with Crippen LogP contribution in [-0.4, -0.2) is 15.4 Å². The Morgan fingerprint density at radius 3 is 2.88 bits per heavy atom. The number of nitrogens with zero attached hydrogens (tertiary/aromatic N) is 2. The lowest BCUT2D eigenvalue weighted by Gasteiger charge is -2.05. The van der Waals surface area contributed by atoms with E-state index in [1.807, 2.05) is 48.7 Å². The summed E-state index contributed by atoms with van der Waals surface area (Å²) >= 11 is 0. The van der Waals surface area contributed by atoms with Gasteiger partial charge < -0.3 is 5.32 Å². The van der Waals surface area contributed by atoms with Crippen molar-refractivity contribution in [2.75, 3.05) is 0 Å². The van der Waals surface area contributed by atoms with Crippen LogP contribution in [0.4, 0.5) is 0 Å². The van der Waals surface area contributed by atoms with Crippen LogP contribution in [0.5, 0.6) is 0 Å². The second-order valence-corrected chi connectivity index (χ2v) is 3.50. The molecule has 0 spiro atoms. The van der Waals surface area contributed by atoms with Crippen molar-refractivity contribution in [3.63, 3.8) is 0 Å². The van der Waals surface area contributed by atoms with Crippen molar-refractivity contribution in [2.45, 2.75) is 0 Å². The first kappa shape index (κ1) is 8.91. The van der Waals surface area contributed by atoms with Crippen LogP contribution in [0.25, 0.3) is 16.7 Å². The first-order valence-electron chi connectivity index (χ1n) is 5.04. The Morgan fingerprint density at radius 1 is 0.938 bits per heavy atom. The van der Waals surface area contributed by atoms with Gasteiger partial charge in [-0.3, -0.25) is 0 Å². The summed E-state index contributed by atoms with van der Waals surface area (Å²) in [5.74, 6) is 0. The highest BCUT2D eigenvalue weighted by atomic mass is 15.3. The quantitative estimate of drug-likeness (QED) is 0.756. The van der Waals surface area contributed by atoms with Gasteiger partial charge in [-0.1, -0.05) is 18.2 Å². The molecule has 0 saturated heterocycles. The molecule has 3 rings (SSSR count). The first-order valence-corrected chi connectivity index (χ1v) is 5.04. The molecule has 1 aromatic heterocycles.